The van der Waals surface area contributed by atoms with Crippen molar-refractivity contribution in [2.45, 2.75) is 11.8 Å². The topological polar surface area (TPSA) is 90.0 Å². The highest BCUT2D eigenvalue weighted by Crippen LogP contribution is 2.29. The van der Waals surface area contributed by atoms with E-state index >= 15 is 0 Å². The van der Waals surface area contributed by atoms with Crippen LogP contribution in [0, 0.1) is 5.82 Å². The highest BCUT2D eigenvalue weighted by atomic mass is 32.2. The number of nitrogens with zero attached hydrogens (tertiary/aromatic N) is 2. The maximum atomic E-state index is 12.9. The number of benzene rings is 1. The molecule has 0 bridgehead atoms. The summed E-state index contributed by atoms with van der Waals surface area (Å²) < 4.78 is 37.8. The molecule has 0 aliphatic carbocycles. The number of hydrogen-bond acceptors (Lipinski definition) is 5. The molecule has 6 nitrogen and oxygen atoms in total. The Balaban J connectivity index is 2.64. The molecule has 0 radical (unpaired) electrons. The van der Waals surface area contributed by atoms with Crippen LogP contribution in [0.5, 0.6) is 0 Å². The minimum Gasteiger partial charge on any atom is -0.382 e. The third-order valence-corrected chi connectivity index (χ3v) is 3.81. The number of halogens is 1. The normalized spacial score (nSPS) is 11.6. The highest BCUT2D eigenvalue weighted by Gasteiger charge is 2.24. The van der Waals surface area contributed by atoms with Crippen molar-refractivity contribution in [2.75, 3.05) is 23.9 Å². The van der Waals surface area contributed by atoms with E-state index < -0.39 is 15.7 Å². The average Bonchev–Trinajstić information content (AvgIpc) is 2.67. The molecule has 8 heteroatoms. The lowest BCUT2D eigenvalue weighted by molar-refractivity contribution is 0.602. The van der Waals surface area contributed by atoms with Crippen LogP contribution in [-0.4, -0.2) is 31.0 Å². The van der Waals surface area contributed by atoms with Crippen molar-refractivity contribution < 1.29 is 12.8 Å². The van der Waals surface area contributed by atoms with Gasteiger partial charge in [-0.3, -0.25) is 0 Å². The molecule has 0 aliphatic heterocycles. The Labute approximate surface area is 116 Å². The van der Waals surface area contributed by atoms with E-state index in [1.807, 2.05) is 6.92 Å². The predicted octanol–water partition coefficient (Wildman–Crippen LogP) is 1.43. The third-order valence-electron chi connectivity index (χ3n) is 2.66. The van der Waals surface area contributed by atoms with E-state index in [4.69, 9.17) is 5.73 Å². The first-order chi connectivity index (χ1) is 9.34. The number of nitrogen functional groups attached to an aromatic ring is 1. The van der Waals surface area contributed by atoms with E-state index in [0.29, 0.717) is 12.2 Å². The summed E-state index contributed by atoms with van der Waals surface area (Å²) in [4.78, 5) is -0.0522. The number of anilines is 2. The maximum absolute atomic E-state index is 12.9. The molecule has 1 aromatic carbocycles. The lowest BCUT2D eigenvalue weighted by Crippen LogP contribution is -2.06. The number of hydrogen-bond donors (Lipinski definition) is 2. The van der Waals surface area contributed by atoms with Crippen molar-refractivity contribution in [2.24, 2.45) is 0 Å². The largest absolute Gasteiger partial charge is 0.382 e. The van der Waals surface area contributed by atoms with Gasteiger partial charge in [-0.1, -0.05) is 0 Å². The Kier molecular flexibility index (Phi) is 3.67. The SMILES string of the molecule is CCNc1nn(-c2ccc(F)cc2)c(N)c1S(C)(=O)=O. The standard InChI is InChI=1S/C12H15FN4O2S/c1-3-15-12-10(20(2,18)19)11(14)17(16-12)9-6-4-8(13)5-7-9/h4-7H,3,14H2,1-2H3,(H,15,16). The van der Waals surface area contributed by atoms with Crippen molar-refractivity contribution in [1.82, 2.24) is 9.78 Å². The number of aromatic nitrogens is 2. The van der Waals surface area contributed by atoms with E-state index in [0.717, 1.165) is 6.26 Å². The summed E-state index contributed by atoms with van der Waals surface area (Å²) in [6, 6.07) is 5.45. The second kappa shape index (κ2) is 5.12. The van der Waals surface area contributed by atoms with E-state index in [1.165, 1.54) is 28.9 Å². The van der Waals surface area contributed by atoms with Crippen LogP contribution >= 0.6 is 0 Å². The highest BCUT2D eigenvalue weighted by molar-refractivity contribution is 7.91. The maximum Gasteiger partial charge on any atom is 0.182 e. The molecule has 1 aromatic heterocycles. The van der Waals surface area contributed by atoms with Crippen molar-refractivity contribution in [3.8, 4) is 5.69 Å². The Morgan fingerprint density at radius 2 is 1.95 bits per heavy atom. The van der Waals surface area contributed by atoms with Crippen LogP contribution in [0.2, 0.25) is 0 Å². The van der Waals surface area contributed by atoms with Gasteiger partial charge in [0, 0.05) is 12.8 Å². The van der Waals surface area contributed by atoms with E-state index in [1.54, 1.807) is 0 Å². The first-order valence-corrected chi connectivity index (χ1v) is 7.82. The van der Waals surface area contributed by atoms with Gasteiger partial charge in [-0.25, -0.2) is 17.5 Å². The summed E-state index contributed by atoms with van der Waals surface area (Å²) in [5.41, 5.74) is 6.36. The van der Waals surface area contributed by atoms with Crippen LogP contribution in [0.3, 0.4) is 0 Å². The monoisotopic (exact) mass is 298 g/mol. The van der Waals surface area contributed by atoms with Crippen LogP contribution in [0.1, 0.15) is 6.92 Å². The minimum atomic E-state index is -3.53. The molecule has 2 rings (SSSR count). The molecule has 0 saturated carbocycles. The summed E-state index contributed by atoms with van der Waals surface area (Å²) in [6.45, 7) is 2.32. The van der Waals surface area contributed by atoms with Gasteiger partial charge in [0.15, 0.2) is 20.6 Å². The van der Waals surface area contributed by atoms with E-state index in [9.17, 15) is 12.8 Å². The van der Waals surface area contributed by atoms with E-state index in [-0.39, 0.29) is 16.5 Å². The van der Waals surface area contributed by atoms with Crippen LogP contribution < -0.4 is 11.1 Å². The summed E-state index contributed by atoms with van der Waals surface area (Å²) in [6.07, 6.45) is 1.07. The summed E-state index contributed by atoms with van der Waals surface area (Å²) in [5, 5.41) is 7.00. The number of rotatable bonds is 4. The summed E-state index contributed by atoms with van der Waals surface area (Å²) >= 11 is 0. The Hall–Kier alpha value is -2.09. The Morgan fingerprint density at radius 3 is 2.45 bits per heavy atom. The van der Waals surface area contributed by atoms with E-state index in [2.05, 4.69) is 10.4 Å². The van der Waals surface area contributed by atoms with Crippen LogP contribution in [-0.2, 0) is 9.84 Å². The predicted molar refractivity (Wildman–Crippen MR) is 75.2 cm³/mol. The molecule has 20 heavy (non-hydrogen) atoms. The quantitative estimate of drug-likeness (QED) is 0.891. The van der Waals surface area contributed by atoms with Crippen LogP contribution in [0.4, 0.5) is 16.0 Å². The average molecular weight is 298 g/mol. The summed E-state index contributed by atoms with van der Waals surface area (Å²) in [7, 11) is -3.53. The molecule has 3 N–H and O–H groups in total. The van der Waals surface area contributed by atoms with Gasteiger partial charge in [0.1, 0.15) is 11.6 Å². The number of nitrogens with one attached hydrogen (secondary N) is 1. The fraction of sp³-hybridized carbons (Fsp3) is 0.250. The van der Waals surface area contributed by atoms with Crippen LogP contribution in [0.15, 0.2) is 29.2 Å². The molecule has 0 atom stereocenters. The van der Waals surface area contributed by atoms with Crippen molar-refractivity contribution >= 4 is 21.5 Å². The minimum absolute atomic E-state index is 0.00458. The zero-order valence-electron chi connectivity index (χ0n) is 11.1. The summed E-state index contributed by atoms with van der Waals surface area (Å²) in [5.74, 6) is -0.207. The number of nitrogens with two attached hydrogens (primary N) is 1. The fourth-order valence-electron chi connectivity index (χ4n) is 1.84. The molecule has 0 amide bonds. The smallest absolute Gasteiger partial charge is 0.182 e. The first-order valence-electron chi connectivity index (χ1n) is 5.93. The molecule has 0 spiro atoms. The third kappa shape index (κ3) is 2.60. The second-order valence-electron chi connectivity index (χ2n) is 4.25. The second-order valence-corrected chi connectivity index (χ2v) is 6.21. The first kappa shape index (κ1) is 14.3. The van der Waals surface area contributed by atoms with Gasteiger partial charge in [0.25, 0.3) is 0 Å². The van der Waals surface area contributed by atoms with Crippen LogP contribution in [0.25, 0.3) is 5.69 Å². The van der Waals surface area contributed by atoms with Gasteiger partial charge >= 0.3 is 0 Å². The van der Waals surface area contributed by atoms with Crippen molar-refractivity contribution in [1.29, 1.82) is 0 Å². The van der Waals surface area contributed by atoms with Gasteiger partial charge in [0.2, 0.25) is 0 Å². The molecular formula is C12H15FN4O2S. The lowest BCUT2D eigenvalue weighted by Gasteiger charge is -2.03. The lowest BCUT2D eigenvalue weighted by atomic mass is 10.3. The molecule has 2 aromatic rings. The van der Waals surface area contributed by atoms with Gasteiger partial charge in [-0.15, -0.1) is 5.10 Å². The van der Waals surface area contributed by atoms with Gasteiger partial charge in [0.05, 0.1) is 5.69 Å². The van der Waals surface area contributed by atoms with Crippen molar-refractivity contribution in [3.05, 3.63) is 30.1 Å². The van der Waals surface area contributed by atoms with Gasteiger partial charge < -0.3 is 11.1 Å². The molecular weight excluding hydrogens is 283 g/mol. The molecule has 0 aliphatic rings. The Bertz CT molecular complexity index is 723. The molecule has 1 heterocycles. The van der Waals surface area contributed by atoms with Gasteiger partial charge in [-0.05, 0) is 31.2 Å². The molecule has 0 saturated heterocycles. The zero-order chi connectivity index (χ0) is 14.9. The Morgan fingerprint density at radius 1 is 1.35 bits per heavy atom. The molecule has 0 unspecified atom stereocenters. The van der Waals surface area contributed by atoms with Gasteiger partial charge in [-0.2, -0.15) is 0 Å². The number of sulfone groups is 1. The van der Waals surface area contributed by atoms with Crippen molar-refractivity contribution in [3.63, 3.8) is 0 Å². The zero-order valence-corrected chi connectivity index (χ0v) is 11.9. The fourth-order valence-corrected chi connectivity index (χ4v) is 2.78. The molecule has 108 valence electrons. The molecule has 0 fully saturated rings.